The van der Waals surface area contributed by atoms with Crippen LogP contribution in [0.5, 0.6) is 0 Å². The van der Waals surface area contributed by atoms with Gasteiger partial charge in [0.05, 0.1) is 16.3 Å². The Morgan fingerprint density at radius 3 is 2.69 bits per heavy atom. The van der Waals surface area contributed by atoms with Gasteiger partial charge in [-0.2, -0.15) is 5.26 Å². The first-order valence-corrected chi connectivity index (χ1v) is 9.88. The van der Waals surface area contributed by atoms with Crippen molar-refractivity contribution < 1.29 is 14.3 Å². The Morgan fingerprint density at radius 2 is 1.97 bits per heavy atom. The third-order valence-electron chi connectivity index (χ3n) is 4.47. The largest absolute Gasteiger partial charge is 0.454 e. The van der Waals surface area contributed by atoms with E-state index in [4.69, 9.17) is 4.74 Å². The summed E-state index contributed by atoms with van der Waals surface area (Å²) in [6.07, 6.45) is -0.965. The van der Waals surface area contributed by atoms with Crippen LogP contribution in [-0.2, 0) is 9.53 Å². The van der Waals surface area contributed by atoms with Crippen molar-refractivity contribution in [1.29, 1.82) is 5.26 Å². The Kier molecular flexibility index (Phi) is 5.89. The number of carbonyl (C=O) groups is 2. The number of Topliss-reactive ketones (excluding diaryl/α,β-unsaturated/α-hetero) is 1. The van der Waals surface area contributed by atoms with Crippen LogP contribution >= 0.6 is 11.8 Å². The van der Waals surface area contributed by atoms with E-state index in [0.29, 0.717) is 27.4 Å². The fourth-order valence-electron chi connectivity index (χ4n) is 3.12. The maximum absolute atomic E-state index is 12.8. The van der Waals surface area contributed by atoms with Crippen molar-refractivity contribution >= 4 is 34.4 Å². The molecule has 0 aliphatic carbocycles. The van der Waals surface area contributed by atoms with Crippen molar-refractivity contribution in [2.45, 2.75) is 31.9 Å². The number of H-pyrrole nitrogens is 2. The third-order valence-corrected chi connectivity index (χ3v) is 5.44. The molecule has 0 saturated heterocycles. The highest BCUT2D eigenvalue weighted by Gasteiger charge is 2.24. The van der Waals surface area contributed by atoms with Crippen LogP contribution in [0.2, 0.25) is 0 Å². The second kappa shape index (κ2) is 8.37. The third kappa shape index (κ3) is 4.25. The number of ketones is 1. The zero-order chi connectivity index (χ0) is 21.1. The van der Waals surface area contributed by atoms with Crippen LogP contribution in [0.1, 0.15) is 34.1 Å². The van der Waals surface area contributed by atoms with Crippen LogP contribution in [0, 0.1) is 25.2 Å². The minimum absolute atomic E-state index is 0.140. The number of fused-ring (bicyclic) bond motifs is 1. The Hall–Kier alpha value is -3.31. The fraction of sp³-hybridized carbons (Fsp3) is 0.238. The number of nitrogens with one attached hydrogen (secondary N) is 2. The maximum Gasteiger partial charge on any atom is 0.317 e. The zero-order valence-electron chi connectivity index (χ0n) is 16.2. The number of esters is 1. The van der Waals surface area contributed by atoms with Crippen LogP contribution in [0.3, 0.4) is 0 Å². The van der Waals surface area contributed by atoms with Crippen molar-refractivity contribution in [3.05, 3.63) is 63.1 Å². The summed E-state index contributed by atoms with van der Waals surface area (Å²) >= 11 is 0.995. The molecule has 0 saturated carbocycles. The molecule has 8 heteroatoms. The second-order valence-corrected chi connectivity index (χ2v) is 7.57. The molecule has 3 aromatic rings. The lowest BCUT2D eigenvalue weighted by Crippen LogP contribution is -2.25. The number of thioether (sulfide) groups is 1. The normalized spacial score (nSPS) is 11.8. The van der Waals surface area contributed by atoms with Crippen molar-refractivity contribution in [2.75, 3.05) is 5.75 Å². The van der Waals surface area contributed by atoms with Gasteiger partial charge in [-0.15, -0.1) is 0 Å². The number of hydrogen-bond donors (Lipinski definition) is 2. The average Bonchev–Trinajstić information content (AvgIpc) is 3.01. The summed E-state index contributed by atoms with van der Waals surface area (Å²) in [6.45, 7) is 4.98. The van der Waals surface area contributed by atoms with Gasteiger partial charge in [0, 0.05) is 28.2 Å². The molecule has 3 rings (SSSR count). The number of nitriles is 1. The number of aryl methyl sites for hydroxylation is 2. The molecule has 148 valence electrons. The van der Waals surface area contributed by atoms with E-state index in [2.05, 4.69) is 9.97 Å². The molecule has 0 fully saturated rings. The highest BCUT2D eigenvalue weighted by atomic mass is 32.2. The molecule has 0 unspecified atom stereocenters. The lowest BCUT2D eigenvalue weighted by Gasteiger charge is -2.13. The molecule has 2 heterocycles. The number of hydrogen-bond acceptors (Lipinski definition) is 6. The van der Waals surface area contributed by atoms with Crippen molar-refractivity contribution in [2.24, 2.45) is 0 Å². The SMILES string of the molecule is Cc1cc(=O)[nH]c(SCC(=O)O[C@@H](C)C(=O)c2c(C)[nH]c3ccccc23)c1C#N. The highest BCUT2D eigenvalue weighted by Crippen LogP contribution is 2.25. The lowest BCUT2D eigenvalue weighted by molar-refractivity contribution is -0.143. The Labute approximate surface area is 171 Å². The zero-order valence-corrected chi connectivity index (χ0v) is 17.0. The summed E-state index contributed by atoms with van der Waals surface area (Å²) < 4.78 is 5.30. The average molecular weight is 409 g/mol. The van der Waals surface area contributed by atoms with E-state index < -0.39 is 12.1 Å². The van der Waals surface area contributed by atoms with Crippen LogP contribution in [0.15, 0.2) is 40.2 Å². The van der Waals surface area contributed by atoms with Gasteiger partial charge in [-0.3, -0.25) is 14.4 Å². The van der Waals surface area contributed by atoms with Crippen LogP contribution < -0.4 is 5.56 Å². The number of pyridine rings is 1. The van der Waals surface area contributed by atoms with Gasteiger partial charge >= 0.3 is 5.97 Å². The molecular weight excluding hydrogens is 390 g/mol. The number of nitrogens with zero attached hydrogens (tertiary/aromatic N) is 1. The van der Waals surface area contributed by atoms with E-state index in [1.807, 2.05) is 30.3 Å². The van der Waals surface area contributed by atoms with Gasteiger partial charge in [0.15, 0.2) is 6.10 Å². The number of aromatic nitrogens is 2. The lowest BCUT2D eigenvalue weighted by atomic mass is 10.0. The summed E-state index contributed by atoms with van der Waals surface area (Å²) in [4.78, 5) is 42.4. The minimum Gasteiger partial charge on any atom is -0.454 e. The minimum atomic E-state index is -0.965. The van der Waals surface area contributed by atoms with Crippen LogP contribution in [0.25, 0.3) is 10.9 Å². The van der Waals surface area contributed by atoms with E-state index in [-0.39, 0.29) is 17.1 Å². The predicted octanol–water partition coefficient (Wildman–Crippen LogP) is 3.25. The molecule has 2 N–H and O–H groups in total. The highest BCUT2D eigenvalue weighted by molar-refractivity contribution is 7.99. The van der Waals surface area contributed by atoms with Gasteiger partial charge in [0.2, 0.25) is 11.3 Å². The van der Waals surface area contributed by atoms with Crippen molar-refractivity contribution in [1.82, 2.24) is 9.97 Å². The Morgan fingerprint density at radius 1 is 1.24 bits per heavy atom. The standard InChI is InChI=1S/C21H19N3O4S/c1-11-8-17(25)24-21(15(11)9-22)29-10-18(26)28-13(3)20(27)19-12(2)23-16-7-5-4-6-14(16)19/h4-8,13,23H,10H2,1-3H3,(H,24,25)/t13-/m0/s1. The van der Waals surface area contributed by atoms with Gasteiger partial charge in [-0.25, -0.2) is 0 Å². The molecule has 1 aromatic carbocycles. The van der Waals surface area contributed by atoms with Crippen molar-refractivity contribution in [3.8, 4) is 6.07 Å². The summed E-state index contributed by atoms with van der Waals surface area (Å²) in [6, 6.07) is 10.8. The second-order valence-electron chi connectivity index (χ2n) is 6.59. The molecule has 29 heavy (non-hydrogen) atoms. The predicted molar refractivity (Wildman–Crippen MR) is 110 cm³/mol. The Bertz CT molecular complexity index is 1200. The summed E-state index contributed by atoms with van der Waals surface area (Å²) in [5.74, 6) is -1.04. The summed E-state index contributed by atoms with van der Waals surface area (Å²) in [7, 11) is 0. The van der Waals surface area contributed by atoms with Crippen LogP contribution in [-0.4, -0.2) is 33.6 Å². The van der Waals surface area contributed by atoms with Gasteiger partial charge in [0.1, 0.15) is 6.07 Å². The summed E-state index contributed by atoms with van der Waals surface area (Å²) in [5.41, 5.74) is 2.55. The van der Waals surface area contributed by atoms with Gasteiger partial charge in [-0.05, 0) is 32.4 Å². The van der Waals surface area contributed by atoms with Gasteiger partial charge < -0.3 is 14.7 Å². The quantitative estimate of drug-likeness (QED) is 0.367. The Balaban J connectivity index is 1.70. The monoisotopic (exact) mass is 409 g/mol. The van der Waals surface area contributed by atoms with E-state index in [1.165, 1.54) is 13.0 Å². The molecule has 0 bridgehead atoms. The number of carbonyl (C=O) groups excluding carboxylic acids is 2. The van der Waals surface area contributed by atoms with E-state index >= 15 is 0 Å². The number of para-hydroxylation sites is 1. The van der Waals surface area contributed by atoms with E-state index in [1.54, 1.807) is 13.8 Å². The van der Waals surface area contributed by atoms with Crippen molar-refractivity contribution in [3.63, 3.8) is 0 Å². The molecule has 0 radical (unpaired) electrons. The van der Waals surface area contributed by atoms with Crippen LogP contribution in [0.4, 0.5) is 0 Å². The summed E-state index contributed by atoms with van der Waals surface area (Å²) in [5, 5.41) is 10.3. The molecule has 2 aromatic heterocycles. The topological polar surface area (TPSA) is 116 Å². The smallest absolute Gasteiger partial charge is 0.317 e. The molecule has 0 amide bonds. The number of benzene rings is 1. The number of rotatable bonds is 6. The maximum atomic E-state index is 12.8. The molecule has 1 atom stereocenters. The van der Waals surface area contributed by atoms with Gasteiger partial charge in [-0.1, -0.05) is 30.0 Å². The molecular formula is C21H19N3O4S. The number of ether oxygens (including phenoxy) is 1. The first kappa shape index (κ1) is 20.4. The molecule has 0 aliphatic heterocycles. The molecule has 0 spiro atoms. The molecule has 7 nitrogen and oxygen atoms in total. The van der Waals surface area contributed by atoms with E-state index in [9.17, 15) is 19.6 Å². The first-order chi connectivity index (χ1) is 13.8. The molecule has 0 aliphatic rings. The fourth-order valence-corrected chi connectivity index (χ4v) is 3.97. The first-order valence-electron chi connectivity index (χ1n) is 8.89. The van der Waals surface area contributed by atoms with Gasteiger partial charge in [0.25, 0.3) is 0 Å². The number of aromatic amines is 2. The van der Waals surface area contributed by atoms with E-state index in [0.717, 1.165) is 22.7 Å².